The number of hydrogen-bond donors (Lipinski definition) is 1. The molecule has 1 aromatic carbocycles. The summed E-state index contributed by atoms with van der Waals surface area (Å²) in [6, 6.07) is -0.731. The third-order valence-corrected chi connectivity index (χ3v) is 1.90. The van der Waals surface area contributed by atoms with Gasteiger partial charge in [0.1, 0.15) is 5.82 Å². The Labute approximate surface area is 99.0 Å². The molecule has 98 valence electrons. The number of rotatable bonds is 2. The Morgan fingerprint density at radius 1 is 1.06 bits per heavy atom. The molecule has 1 aromatic rings. The van der Waals surface area contributed by atoms with Gasteiger partial charge in [0.15, 0.2) is 0 Å². The van der Waals surface area contributed by atoms with Gasteiger partial charge in [0.2, 0.25) is 0 Å². The highest BCUT2D eigenvalue weighted by atomic mass is 35.5. The van der Waals surface area contributed by atoms with Gasteiger partial charge in [0, 0.05) is 0 Å². The first-order valence-electron chi connectivity index (χ1n) is 4.13. The number of alkyl halides is 5. The highest BCUT2D eigenvalue weighted by molar-refractivity contribution is 5.85. The molecule has 0 bridgehead atoms. The van der Waals surface area contributed by atoms with E-state index in [4.69, 9.17) is 5.73 Å². The Morgan fingerprint density at radius 2 is 1.59 bits per heavy atom. The predicted molar refractivity (Wildman–Crippen MR) is 51.6 cm³/mol. The molecule has 0 amide bonds. The van der Waals surface area contributed by atoms with Crippen molar-refractivity contribution in [3.8, 4) is 0 Å². The lowest BCUT2D eigenvalue weighted by Crippen LogP contribution is -2.20. The third-order valence-electron chi connectivity index (χ3n) is 1.90. The van der Waals surface area contributed by atoms with Gasteiger partial charge in [-0.25, -0.2) is 13.2 Å². The van der Waals surface area contributed by atoms with Crippen molar-refractivity contribution in [2.75, 3.05) is 0 Å². The summed E-state index contributed by atoms with van der Waals surface area (Å²) in [4.78, 5) is 0. The second-order valence-electron chi connectivity index (χ2n) is 3.13. The SMILES string of the molecule is Cl.N[C@@H](c1cc(F)cc(C(F)(F)F)c1)C(F)F. The molecule has 0 aliphatic carbocycles. The van der Waals surface area contributed by atoms with Crippen molar-refractivity contribution in [3.05, 3.63) is 35.1 Å². The topological polar surface area (TPSA) is 26.0 Å². The number of benzene rings is 1. The highest BCUT2D eigenvalue weighted by Gasteiger charge is 2.32. The summed E-state index contributed by atoms with van der Waals surface area (Å²) in [5, 5.41) is 0. The lowest BCUT2D eigenvalue weighted by atomic mass is 10.0. The van der Waals surface area contributed by atoms with Gasteiger partial charge in [0.25, 0.3) is 6.43 Å². The van der Waals surface area contributed by atoms with Crippen molar-refractivity contribution in [1.82, 2.24) is 0 Å². The zero-order valence-electron chi connectivity index (χ0n) is 8.14. The van der Waals surface area contributed by atoms with E-state index >= 15 is 0 Å². The maximum Gasteiger partial charge on any atom is 0.416 e. The molecule has 0 radical (unpaired) electrons. The van der Waals surface area contributed by atoms with Crippen LogP contribution in [0, 0.1) is 5.82 Å². The maximum absolute atomic E-state index is 12.8. The summed E-state index contributed by atoms with van der Waals surface area (Å²) < 4.78 is 73.7. The van der Waals surface area contributed by atoms with E-state index in [1.54, 1.807) is 0 Å². The second kappa shape index (κ2) is 5.59. The Morgan fingerprint density at radius 3 is 2.00 bits per heavy atom. The molecule has 0 saturated heterocycles. The first kappa shape index (κ1) is 16.1. The van der Waals surface area contributed by atoms with Crippen LogP contribution in [-0.4, -0.2) is 6.43 Å². The van der Waals surface area contributed by atoms with Gasteiger partial charge in [-0.05, 0) is 23.8 Å². The zero-order chi connectivity index (χ0) is 12.5. The van der Waals surface area contributed by atoms with E-state index in [1.165, 1.54) is 0 Å². The molecule has 17 heavy (non-hydrogen) atoms. The largest absolute Gasteiger partial charge is 0.416 e. The van der Waals surface area contributed by atoms with Crippen molar-refractivity contribution in [2.24, 2.45) is 5.73 Å². The van der Waals surface area contributed by atoms with E-state index in [1.807, 2.05) is 0 Å². The van der Waals surface area contributed by atoms with Gasteiger partial charge in [-0.15, -0.1) is 12.4 Å². The quantitative estimate of drug-likeness (QED) is 0.824. The van der Waals surface area contributed by atoms with E-state index in [2.05, 4.69) is 0 Å². The van der Waals surface area contributed by atoms with E-state index in [-0.39, 0.29) is 18.5 Å². The van der Waals surface area contributed by atoms with Crippen LogP contribution in [0.1, 0.15) is 17.2 Å². The third kappa shape index (κ3) is 4.08. The molecule has 1 nitrogen and oxygen atoms in total. The van der Waals surface area contributed by atoms with Gasteiger partial charge >= 0.3 is 6.18 Å². The number of hydrogen-bond acceptors (Lipinski definition) is 1. The van der Waals surface area contributed by atoms with Crippen molar-refractivity contribution in [1.29, 1.82) is 0 Å². The fraction of sp³-hybridized carbons (Fsp3) is 0.333. The minimum Gasteiger partial charge on any atom is -0.319 e. The van der Waals surface area contributed by atoms with Crippen LogP contribution in [0.4, 0.5) is 26.3 Å². The molecule has 8 heteroatoms. The van der Waals surface area contributed by atoms with Crippen molar-refractivity contribution in [2.45, 2.75) is 18.6 Å². The van der Waals surface area contributed by atoms with Crippen molar-refractivity contribution >= 4 is 12.4 Å². The maximum atomic E-state index is 12.8. The smallest absolute Gasteiger partial charge is 0.319 e. The molecular formula is C9H8ClF6N. The van der Waals surface area contributed by atoms with Gasteiger partial charge in [-0.1, -0.05) is 0 Å². The molecule has 0 aliphatic rings. The monoisotopic (exact) mass is 279 g/mol. The van der Waals surface area contributed by atoms with Crippen molar-refractivity contribution in [3.63, 3.8) is 0 Å². The molecule has 0 aromatic heterocycles. The minimum absolute atomic E-state index is 0. The zero-order valence-corrected chi connectivity index (χ0v) is 8.96. The van der Waals surface area contributed by atoms with Crippen LogP contribution in [0.15, 0.2) is 18.2 Å². The Bertz CT molecular complexity index is 378. The summed E-state index contributed by atoms with van der Waals surface area (Å²) in [5.41, 5.74) is 3.02. The average Bonchev–Trinajstić information content (AvgIpc) is 2.14. The molecule has 1 rings (SSSR count). The van der Waals surface area contributed by atoms with Crippen LogP contribution in [0.2, 0.25) is 0 Å². The summed E-state index contributed by atoms with van der Waals surface area (Å²) in [6.07, 6.45) is -7.85. The van der Waals surface area contributed by atoms with Crippen LogP contribution >= 0.6 is 12.4 Å². The standard InChI is InChI=1S/C9H7F6N.ClH/c10-6-2-4(7(16)8(11)12)1-5(3-6)9(13,14)15;/h1-3,7-8H,16H2;1H/t7-;/m0./s1. The second-order valence-corrected chi connectivity index (χ2v) is 3.13. The van der Waals surface area contributed by atoms with Crippen LogP contribution in [0.25, 0.3) is 0 Å². The Balaban J connectivity index is 0.00000256. The summed E-state index contributed by atoms with van der Waals surface area (Å²) in [6.45, 7) is 0. The first-order chi connectivity index (χ1) is 7.21. The molecule has 0 heterocycles. The number of nitrogens with two attached hydrogens (primary N) is 1. The van der Waals surface area contributed by atoms with E-state index < -0.39 is 35.6 Å². The summed E-state index contributed by atoms with van der Waals surface area (Å²) >= 11 is 0. The van der Waals surface area contributed by atoms with Gasteiger partial charge < -0.3 is 5.73 Å². The predicted octanol–water partition coefficient (Wildman–Crippen LogP) is 3.53. The van der Waals surface area contributed by atoms with Crippen LogP contribution < -0.4 is 5.73 Å². The van der Waals surface area contributed by atoms with Crippen molar-refractivity contribution < 1.29 is 26.3 Å². The normalized spacial score (nSPS) is 13.4. The molecule has 0 spiro atoms. The van der Waals surface area contributed by atoms with Crippen LogP contribution in [-0.2, 0) is 6.18 Å². The Kier molecular flexibility index (Phi) is 5.28. The molecule has 0 unspecified atom stereocenters. The number of halogens is 7. The van der Waals surface area contributed by atoms with Crippen LogP contribution in [0.5, 0.6) is 0 Å². The summed E-state index contributed by atoms with van der Waals surface area (Å²) in [5.74, 6) is -1.25. The summed E-state index contributed by atoms with van der Waals surface area (Å²) in [7, 11) is 0. The molecule has 0 fully saturated rings. The van der Waals surface area contributed by atoms with Crippen LogP contribution in [0.3, 0.4) is 0 Å². The minimum atomic E-state index is -4.79. The van der Waals surface area contributed by atoms with Gasteiger partial charge in [-0.2, -0.15) is 13.2 Å². The fourth-order valence-corrected chi connectivity index (χ4v) is 1.11. The average molecular weight is 280 g/mol. The molecule has 1 atom stereocenters. The van der Waals surface area contributed by atoms with E-state index in [9.17, 15) is 26.3 Å². The lowest BCUT2D eigenvalue weighted by molar-refractivity contribution is -0.137. The van der Waals surface area contributed by atoms with E-state index in [0.717, 1.165) is 0 Å². The Hall–Kier alpha value is -0.950. The highest BCUT2D eigenvalue weighted by Crippen LogP contribution is 2.32. The fourth-order valence-electron chi connectivity index (χ4n) is 1.11. The van der Waals surface area contributed by atoms with Gasteiger partial charge in [-0.3, -0.25) is 0 Å². The molecule has 0 aliphatic heterocycles. The van der Waals surface area contributed by atoms with E-state index in [0.29, 0.717) is 12.1 Å². The van der Waals surface area contributed by atoms with Gasteiger partial charge in [0.05, 0.1) is 11.6 Å². The molecule has 2 N–H and O–H groups in total. The first-order valence-corrected chi connectivity index (χ1v) is 4.13. The lowest BCUT2D eigenvalue weighted by Gasteiger charge is -2.14. The molecule has 0 saturated carbocycles. The molecular weight excluding hydrogens is 272 g/mol.